The van der Waals surface area contributed by atoms with Gasteiger partial charge in [0.25, 0.3) is 5.91 Å². The molecule has 0 fully saturated rings. The second-order valence-electron chi connectivity index (χ2n) is 5.88. The summed E-state index contributed by atoms with van der Waals surface area (Å²) in [4.78, 5) is 11.9. The van der Waals surface area contributed by atoms with Crippen LogP contribution in [0, 0.1) is 13.8 Å². The highest BCUT2D eigenvalue weighted by molar-refractivity contribution is 6.42. The normalized spacial score (nSPS) is 11.7. The Labute approximate surface area is 162 Å². The van der Waals surface area contributed by atoms with E-state index in [4.69, 9.17) is 32.7 Å². The molecule has 0 radical (unpaired) electrons. The van der Waals surface area contributed by atoms with Crippen LogP contribution in [0.15, 0.2) is 36.4 Å². The van der Waals surface area contributed by atoms with E-state index in [9.17, 15) is 9.90 Å². The molecule has 2 N–H and O–H groups in total. The highest BCUT2D eigenvalue weighted by Crippen LogP contribution is 2.31. The molecule has 0 spiro atoms. The highest BCUT2D eigenvalue weighted by Gasteiger charge is 2.11. The predicted molar refractivity (Wildman–Crippen MR) is 102 cm³/mol. The molecule has 7 heteroatoms. The van der Waals surface area contributed by atoms with Crippen molar-refractivity contribution in [3.05, 3.63) is 57.6 Å². The van der Waals surface area contributed by atoms with Gasteiger partial charge in [0, 0.05) is 6.54 Å². The molecule has 2 rings (SSSR count). The number of benzene rings is 2. The number of amides is 1. The minimum Gasteiger partial charge on any atom is -0.489 e. The first-order valence-electron chi connectivity index (χ1n) is 8.08. The molecule has 1 amide bonds. The third kappa shape index (κ3) is 6.09. The van der Waals surface area contributed by atoms with Crippen LogP contribution in [0.5, 0.6) is 11.5 Å². The van der Waals surface area contributed by atoms with Gasteiger partial charge in [0.1, 0.15) is 29.2 Å². The van der Waals surface area contributed by atoms with E-state index in [1.54, 1.807) is 18.2 Å². The molecule has 5 nitrogen and oxygen atoms in total. The van der Waals surface area contributed by atoms with Crippen molar-refractivity contribution in [1.82, 2.24) is 5.32 Å². The number of aliphatic hydroxyl groups excluding tert-OH is 1. The number of aliphatic hydroxyl groups is 1. The van der Waals surface area contributed by atoms with Crippen LogP contribution in [0.2, 0.25) is 10.0 Å². The fraction of sp³-hybridized carbons (Fsp3) is 0.316. The maximum Gasteiger partial charge on any atom is 0.258 e. The van der Waals surface area contributed by atoms with Gasteiger partial charge >= 0.3 is 0 Å². The standard InChI is InChI=1S/C19H21Cl2NO4/c1-12-6-7-13(2)17(8-12)26-11-18(24)22-9-14(23)10-25-16-5-3-4-15(20)19(16)21/h3-8,14,23H,9-11H2,1-2H3,(H,22,24). The summed E-state index contributed by atoms with van der Waals surface area (Å²) in [7, 11) is 0. The van der Waals surface area contributed by atoms with E-state index in [2.05, 4.69) is 5.32 Å². The lowest BCUT2D eigenvalue weighted by molar-refractivity contribution is -0.123. The number of rotatable bonds is 8. The molecule has 0 aliphatic carbocycles. The summed E-state index contributed by atoms with van der Waals surface area (Å²) in [5.41, 5.74) is 2.01. The Bertz CT molecular complexity index is 767. The van der Waals surface area contributed by atoms with Gasteiger partial charge in [-0.2, -0.15) is 0 Å². The zero-order valence-electron chi connectivity index (χ0n) is 14.6. The van der Waals surface area contributed by atoms with Crippen molar-refractivity contribution in [3.63, 3.8) is 0 Å². The number of hydrogen-bond acceptors (Lipinski definition) is 4. The second-order valence-corrected chi connectivity index (χ2v) is 6.66. The number of halogens is 2. The first-order chi connectivity index (χ1) is 12.4. The first kappa shape index (κ1) is 20.4. The highest BCUT2D eigenvalue weighted by atomic mass is 35.5. The van der Waals surface area contributed by atoms with Crippen molar-refractivity contribution in [2.24, 2.45) is 0 Å². The largest absolute Gasteiger partial charge is 0.489 e. The van der Waals surface area contributed by atoms with Gasteiger partial charge in [-0.05, 0) is 43.2 Å². The molecule has 1 unspecified atom stereocenters. The lowest BCUT2D eigenvalue weighted by Gasteiger charge is -2.15. The molecule has 0 saturated heterocycles. The Morgan fingerprint density at radius 2 is 1.92 bits per heavy atom. The van der Waals surface area contributed by atoms with E-state index < -0.39 is 6.10 Å². The van der Waals surface area contributed by atoms with E-state index in [1.165, 1.54) is 0 Å². The Hall–Kier alpha value is -1.95. The first-order valence-corrected chi connectivity index (χ1v) is 8.84. The molecule has 0 aromatic heterocycles. The fourth-order valence-corrected chi connectivity index (χ4v) is 2.48. The smallest absolute Gasteiger partial charge is 0.258 e. The Balaban J connectivity index is 1.73. The number of aryl methyl sites for hydroxylation is 2. The monoisotopic (exact) mass is 397 g/mol. The maximum atomic E-state index is 11.9. The summed E-state index contributed by atoms with van der Waals surface area (Å²) in [6.45, 7) is 3.74. The topological polar surface area (TPSA) is 67.8 Å². The van der Waals surface area contributed by atoms with Crippen molar-refractivity contribution in [2.75, 3.05) is 19.8 Å². The number of nitrogens with one attached hydrogen (secondary N) is 1. The quantitative estimate of drug-likeness (QED) is 0.714. The summed E-state index contributed by atoms with van der Waals surface area (Å²) in [5.74, 6) is 0.716. The van der Waals surface area contributed by atoms with Crippen LogP contribution in [0.25, 0.3) is 0 Å². The minimum absolute atomic E-state index is 0.0296. The molecular formula is C19H21Cl2NO4. The van der Waals surface area contributed by atoms with Gasteiger partial charge in [-0.3, -0.25) is 4.79 Å². The molecule has 2 aromatic rings. The van der Waals surface area contributed by atoms with Crippen LogP contribution in [-0.2, 0) is 4.79 Å². The number of carbonyl (C=O) groups excluding carboxylic acids is 1. The van der Waals surface area contributed by atoms with Gasteiger partial charge in [-0.25, -0.2) is 0 Å². The Morgan fingerprint density at radius 1 is 1.15 bits per heavy atom. The van der Waals surface area contributed by atoms with Crippen molar-refractivity contribution in [2.45, 2.75) is 20.0 Å². The molecule has 140 valence electrons. The van der Waals surface area contributed by atoms with Crippen LogP contribution in [0.4, 0.5) is 0 Å². The summed E-state index contributed by atoms with van der Waals surface area (Å²) in [6.07, 6.45) is -0.894. The van der Waals surface area contributed by atoms with Crippen molar-refractivity contribution in [3.8, 4) is 11.5 Å². The summed E-state index contributed by atoms with van der Waals surface area (Å²) < 4.78 is 10.9. The molecule has 0 aliphatic rings. The van der Waals surface area contributed by atoms with Gasteiger partial charge in [0.05, 0.1) is 5.02 Å². The molecule has 0 bridgehead atoms. The number of carbonyl (C=O) groups is 1. The molecule has 0 heterocycles. The van der Waals surface area contributed by atoms with Gasteiger partial charge in [0.15, 0.2) is 6.61 Å². The molecule has 26 heavy (non-hydrogen) atoms. The van der Waals surface area contributed by atoms with Gasteiger partial charge in [-0.1, -0.05) is 41.4 Å². The van der Waals surface area contributed by atoms with Crippen molar-refractivity contribution >= 4 is 29.1 Å². The van der Waals surface area contributed by atoms with Crippen LogP contribution >= 0.6 is 23.2 Å². The SMILES string of the molecule is Cc1ccc(C)c(OCC(=O)NCC(O)COc2cccc(Cl)c2Cl)c1. The fourth-order valence-electron chi connectivity index (χ4n) is 2.13. The van der Waals surface area contributed by atoms with Gasteiger partial charge in [-0.15, -0.1) is 0 Å². The van der Waals surface area contributed by atoms with Crippen LogP contribution in [0.1, 0.15) is 11.1 Å². The van der Waals surface area contributed by atoms with Crippen molar-refractivity contribution in [1.29, 1.82) is 0 Å². The van der Waals surface area contributed by atoms with Gasteiger partial charge in [0.2, 0.25) is 0 Å². The zero-order chi connectivity index (χ0) is 19.1. The minimum atomic E-state index is -0.894. The number of ether oxygens (including phenoxy) is 2. The van der Waals surface area contributed by atoms with Crippen molar-refractivity contribution < 1.29 is 19.4 Å². The predicted octanol–water partition coefficient (Wildman–Crippen LogP) is 3.55. The average molecular weight is 398 g/mol. The summed E-state index contributed by atoms with van der Waals surface area (Å²) in [6, 6.07) is 10.8. The van der Waals surface area contributed by atoms with E-state index in [0.29, 0.717) is 16.5 Å². The molecule has 0 saturated carbocycles. The lowest BCUT2D eigenvalue weighted by Crippen LogP contribution is -2.37. The molecule has 2 aromatic carbocycles. The van der Waals surface area contributed by atoms with Crippen LogP contribution in [-0.4, -0.2) is 36.9 Å². The lowest BCUT2D eigenvalue weighted by atomic mass is 10.1. The van der Waals surface area contributed by atoms with E-state index in [-0.39, 0.29) is 30.7 Å². The Kier molecular flexibility index (Phi) is 7.57. The number of hydrogen-bond donors (Lipinski definition) is 2. The zero-order valence-corrected chi connectivity index (χ0v) is 16.1. The third-order valence-electron chi connectivity index (χ3n) is 3.58. The van der Waals surface area contributed by atoms with Crippen LogP contribution < -0.4 is 14.8 Å². The van der Waals surface area contributed by atoms with E-state index in [1.807, 2.05) is 32.0 Å². The molecule has 1 atom stereocenters. The van der Waals surface area contributed by atoms with Gasteiger partial charge < -0.3 is 19.9 Å². The third-order valence-corrected chi connectivity index (χ3v) is 4.39. The average Bonchev–Trinajstić information content (AvgIpc) is 2.62. The summed E-state index contributed by atoms with van der Waals surface area (Å²) >= 11 is 11.9. The second kappa shape index (κ2) is 9.67. The summed E-state index contributed by atoms with van der Waals surface area (Å²) in [5, 5.41) is 13.2. The maximum absolute atomic E-state index is 11.9. The van der Waals surface area contributed by atoms with E-state index in [0.717, 1.165) is 11.1 Å². The Morgan fingerprint density at radius 3 is 2.69 bits per heavy atom. The van der Waals surface area contributed by atoms with Crippen LogP contribution in [0.3, 0.4) is 0 Å². The molecule has 0 aliphatic heterocycles. The van der Waals surface area contributed by atoms with E-state index >= 15 is 0 Å². The molecular weight excluding hydrogens is 377 g/mol.